The van der Waals surface area contributed by atoms with Crippen molar-refractivity contribution in [3.8, 4) is 0 Å². The van der Waals surface area contributed by atoms with Gasteiger partial charge in [0.1, 0.15) is 11.6 Å². The van der Waals surface area contributed by atoms with E-state index in [1.807, 2.05) is 36.4 Å². The van der Waals surface area contributed by atoms with Crippen LogP contribution in [0, 0.1) is 6.92 Å². The van der Waals surface area contributed by atoms with Crippen molar-refractivity contribution in [2.45, 2.75) is 6.92 Å². The Morgan fingerprint density at radius 1 is 0.931 bits per heavy atom. The number of rotatable bonds is 4. The van der Waals surface area contributed by atoms with Gasteiger partial charge in [-0.3, -0.25) is 4.79 Å². The third-order valence-electron chi connectivity index (χ3n) is 5.62. The first-order valence-corrected chi connectivity index (χ1v) is 10.3. The number of benzene rings is 1. The molecule has 7 nitrogen and oxygen atoms in total. The Hall–Kier alpha value is -2.64. The lowest BCUT2D eigenvalue weighted by molar-refractivity contribution is 0.102. The van der Waals surface area contributed by atoms with Crippen molar-refractivity contribution in [2.75, 3.05) is 74.6 Å². The first-order valence-electron chi connectivity index (χ1n) is 10.3. The van der Waals surface area contributed by atoms with Gasteiger partial charge in [-0.1, -0.05) is 6.07 Å². The maximum absolute atomic E-state index is 12.7. The summed E-state index contributed by atoms with van der Waals surface area (Å²) in [6, 6.07) is 11.6. The molecule has 2 fully saturated rings. The van der Waals surface area contributed by atoms with Crippen LogP contribution in [0.15, 0.2) is 36.4 Å². The van der Waals surface area contributed by atoms with Gasteiger partial charge in [0.2, 0.25) is 0 Å². The average Bonchev–Trinajstić information content (AvgIpc) is 2.76. The number of hydrogen-bond acceptors (Lipinski definition) is 6. The summed E-state index contributed by atoms with van der Waals surface area (Å²) < 4.78 is 5.40. The Kier molecular flexibility index (Phi) is 5.97. The molecule has 1 aromatic carbocycles. The topological polar surface area (TPSA) is 60.9 Å². The van der Waals surface area contributed by atoms with Crippen LogP contribution in [-0.4, -0.2) is 75.3 Å². The highest BCUT2D eigenvalue weighted by atomic mass is 16.5. The second kappa shape index (κ2) is 8.80. The summed E-state index contributed by atoms with van der Waals surface area (Å²) in [6.07, 6.45) is 0. The number of hydrogen-bond donors (Lipinski definition) is 1. The Labute approximate surface area is 172 Å². The first kappa shape index (κ1) is 19.7. The summed E-state index contributed by atoms with van der Waals surface area (Å²) in [7, 11) is 2.14. The number of carbonyl (C=O) groups excluding carboxylic acids is 1. The molecular formula is C22H29N5O2. The zero-order valence-electron chi connectivity index (χ0n) is 17.2. The SMILES string of the molecule is Cc1ccc(NC(=O)c2ccc(N3CCOCC3)cc2)nc1N1CCN(C)CC1. The van der Waals surface area contributed by atoms with E-state index in [2.05, 4.69) is 34.0 Å². The fraction of sp³-hybridized carbons (Fsp3) is 0.455. The molecule has 154 valence electrons. The minimum atomic E-state index is -0.140. The van der Waals surface area contributed by atoms with E-state index in [4.69, 9.17) is 9.72 Å². The molecule has 2 aliphatic rings. The number of likely N-dealkylation sites (N-methyl/N-ethyl adjacent to an activating group) is 1. The quantitative estimate of drug-likeness (QED) is 0.857. The van der Waals surface area contributed by atoms with Crippen molar-refractivity contribution in [3.63, 3.8) is 0 Å². The number of nitrogens with zero attached hydrogens (tertiary/aromatic N) is 4. The van der Waals surface area contributed by atoms with Gasteiger partial charge in [-0.15, -0.1) is 0 Å². The van der Waals surface area contributed by atoms with E-state index >= 15 is 0 Å². The molecule has 0 spiro atoms. The highest BCUT2D eigenvalue weighted by molar-refractivity contribution is 6.04. The van der Waals surface area contributed by atoms with E-state index in [0.29, 0.717) is 11.4 Å². The third-order valence-corrected chi connectivity index (χ3v) is 5.62. The molecule has 2 saturated heterocycles. The van der Waals surface area contributed by atoms with E-state index < -0.39 is 0 Å². The lowest BCUT2D eigenvalue weighted by Gasteiger charge is -2.34. The Morgan fingerprint density at radius 3 is 2.31 bits per heavy atom. The molecule has 0 atom stereocenters. The number of nitrogens with one attached hydrogen (secondary N) is 1. The fourth-order valence-corrected chi connectivity index (χ4v) is 3.76. The molecule has 3 heterocycles. The maximum Gasteiger partial charge on any atom is 0.256 e. The number of carbonyl (C=O) groups is 1. The van der Waals surface area contributed by atoms with Gasteiger partial charge in [-0.25, -0.2) is 4.98 Å². The molecule has 2 aliphatic heterocycles. The van der Waals surface area contributed by atoms with Crippen molar-refractivity contribution < 1.29 is 9.53 Å². The van der Waals surface area contributed by atoms with Crippen LogP contribution in [0.25, 0.3) is 0 Å². The molecule has 0 radical (unpaired) electrons. The van der Waals surface area contributed by atoms with Crippen molar-refractivity contribution in [1.82, 2.24) is 9.88 Å². The Bertz CT molecular complexity index is 841. The highest BCUT2D eigenvalue weighted by Crippen LogP contribution is 2.22. The van der Waals surface area contributed by atoms with Gasteiger partial charge in [-0.2, -0.15) is 0 Å². The lowest BCUT2D eigenvalue weighted by atomic mass is 10.1. The zero-order chi connectivity index (χ0) is 20.2. The summed E-state index contributed by atoms with van der Waals surface area (Å²) in [6.45, 7) is 9.27. The van der Waals surface area contributed by atoms with Crippen LogP contribution in [0.5, 0.6) is 0 Å². The molecule has 2 aromatic rings. The second-order valence-corrected chi connectivity index (χ2v) is 7.73. The summed E-state index contributed by atoms with van der Waals surface area (Å²) in [5, 5.41) is 2.95. The van der Waals surface area contributed by atoms with E-state index in [0.717, 1.165) is 69.6 Å². The van der Waals surface area contributed by atoms with Crippen LogP contribution in [0.3, 0.4) is 0 Å². The molecule has 1 aromatic heterocycles. The largest absolute Gasteiger partial charge is 0.378 e. The van der Waals surface area contributed by atoms with Crippen molar-refractivity contribution in [1.29, 1.82) is 0 Å². The number of ether oxygens (including phenoxy) is 1. The minimum absolute atomic E-state index is 0.140. The van der Waals surface area contributed by atoms with Gasteiger partial charge in [0.05, 0.1) is 13.2 Å². The molecule has 0 saturated carbocycles. The monoisotopic (exact) mass is 395 g/mol. The second-order valence-electron chi connectivity index (χ2n) is 7.73. The fourth-order valence-electron chi connectivity index (χ4n) is 3.76. The highest BCUT2D eigenvalue weighted by Gasteiger charge is 2.18. The standard InChI is InChI=1S/C22H29N5O2/c1-17-3-8-20(23-21(17)27-11-9-25(2)10-12-27)24-22(28)18-4-6-19(7-5-18)26-13-15-29-16-14-26/h3-8H,9-16H2,1-2H3,(H,23,24,28). The van der Waals surface area contributed by atoms with Crippen LogP contribution < -0.4 is 15.1 Å². The van der Waals surface area contributed by atoms with Gasteiger partial charge in [0.15, 0.2) is 0 Å². The predicted molar refractivity (Wildman–Crippen MR) is 116 cm³/mol. The van der Waals surface area contributed by atoms with E-state index in [9.17, 15) is 4.79 Å². The molecular weight excluding hydrogens is 366 g/mol. The van der Waals surface area contributed by atoms with Crippen LogP contribution in [0.1, 0.15) is 15.9 Å². The molecule has 7 heteroatoms. The van der Waals surface area contributed by atoms with E-state index in [1.54, 1.807) is 0 Å². The summed E-state index contributed by atoms with van der Waals surface area (Å²) in [5.41, 5.74) is 2.88. The van der Waals surface area contributed by atoms with Crippen LogP contribution >= 0.6 is 0 Å². The van der Waals surface area contributed by atoms with Crippen LogP contribution in [0.2, 0.25) is 0 Å². The summed E-state index contributed by atoms with van der Waals surface area (Å²) in [4.78, 5) is 24.3. The van der Waals surface area contributed by atoms with Gasteiger partial charge >= 0.3 is 0 Å². The number of piperazine rings is 1. The Balaban J connectivity index is 1.43. The van der Waals surface area contributed by atoms with Gasteiger partial charge in [0, 0.05) is 50.5 Å². The summed E-state index contributed by atoms with van der Waals surface area (Å²) >= 11 is 0. The van der Waals surface area contributed by atoms with Crippen LogP contribution in [0.4, 0.5) is 17.3 Å². The lowest BCUT2D eigenvalue weighted by Crippen LogP contribution is -2.45. The maximum atomic E-state index is 12.7. The van der Waals surface area contributed by atoms with Gasteiger partial charge in [-0.05, 0) is 49.9 Å². The van der Waals surface area contributed by atoms with E-state index in [1.165, 1.54) is 0 Å². The molecule has 4 rings (SSSR count). The predicted octanol–water partition coefficient (Wildman–Crippen LogP) is 2.23. The van der Waals surface area contributed by atoms with Crippen LogP contribution in [-0.2, 0) is 4.74 Å². The number of morpholine rings is 1. The number of aryl methyl sites for hydroxylation is 1. The molecule has 0 bridgehead atoms. The van der Waals surface area contributed by atoms with Crippen molar-refractivity contribution >= 4 is 23.2 Å². The number of pyridine rings is 1. The molecule has 1 N–H and O–H groups in total. The average molecular weight is 396 g/mol. The normalized spacial score (nSPS) is 18.0. The number of anilines is 3. The van der Waals surface area contributed by atoms with E-state index in [-0.39, 0.29) is 5.91 Å². The zero-order valence-corrected chi connectivity index (χ0v) is 17.2. The molecule has 0 unspecified atom stereocenters. The van der Waals surface area contributed by atoms with Crippen molar-refractivity contribution in [3.05, 3.63) is 47.5 Å². The smallest absolute Gasteiger partial charge is 0.256 e. The third kappa shape index (κ3) is 4.68. The Morgan fingerprint density at radius 2 is 1.62 bits per heavy atom. The van der Waals surface area contributed by atoms with Gasteiger partial charge < -0.3 is 24.8 Å². The molecule has 29 heavy (non-hydrogen) atoms. The van der Waals surface area contributed by atoms with Crippen molar-refractivity contribution in [2.24, 2.45) is 0 Å². The summed E-state index contributed by atoms with van der Waals surface area (Å²) in [5.74, 6) is 1.41. The number of amides is 1. The first-order chi connectivity index (χ1) is 14.1. The molecule has 0 aliphatic carbocycles. The molecule has 1 amide bonds. The van der Waals surface area contributed by atoms with Gasteiger partial charge in [0.25, 0.3) is 5.91 Å². The minimum Gasteiger partial charge on any atom is -0.378 e. The number of aromatic nitrogens is 1.